The molecule has 0 amide bonds. The van der Waals surface area contributed by atoms with Crippen molar-refractivity contribution in [2.24, 2.45) is 0 Å². The van der Waals surface area contributed by atoms with Crippen LogP contribution < -0.4 is 0 Å². The molecule has 0 unspecified atom stereocenters. The number of benzene rings is 4. The van der Waals surface area contributed by atoms with E-state index in [4.69, 9.17) is 0 Å². The summed E-state index contributed by atoms with van der Waals surface area (Å²) in [5.41, 5.74) is 9.11. The molecule has 0 heterocycles. The molecule has 0 spiro atoms. The van der Waals surface area contributed by atoms with E-state index in [1.54, 1.807) is 0 Å². The Morgan fingerprint density at radius 2 is 1.04 bits per heavy atom. The smallest absolute Gasteiger partial charge is 0.00252 e. The first kappa shape index (κ1) is 16.4. The Balaban J connectivity index is 1.65. The third kappa shape index (κ3) is 3.75. The van der Waals surface area contributed by atoms with Crippen molar-refractivity contribution in [3.05, 3.63) is 120 Å². The fourth-order valence-corrected chi connectivity index (χ4v) is 3.49. The predicted octanol–water partition coefficient (Wildman–Crippen LogP) is 6.92. The van der Waals surface area contributed by atoms with Crippen LogP contribution in [0.3, 0.4) is 0 Å². The Kier molecular flexibility index (Phi) is 4.66. The van der Waals surface area contributed by atoms with Crippen LogP contribution in [0.15, 0.2) is 103 Å². The molecule has 4 rings (SSSR count). The van der Waals surface area contributed by atoms with Crippen molar-refractivity contribution in [2.75, 3.05) is 0 Å². The van der Waals surface area contributed by atoms with Crippen LogP contribution in [0.2, 0.25) is 0 Å². The minimum atomic E-state index is 0.947. The highest BCUT2D eigenvalue weighted by atomic mass is 14.1. The summed E-state index contributed by atoms with van der Waals surface area (Å²) in [5, 5.41) is 0. The van der Waals surface area contributed by atoms with Gasteiger partial charge >= 0.3 is 0 Å². The van der Waals surface area contributed by atoms with Crippen molar-refractivity contribution in [3.63, 3.8) is 0 Å². The Hall–Kier alpha value is -3.12. The van der Waals surface area contributed by atoms with Crippen molar-refractivity contribution in [2.45, 2.75) is 13.3 Å². The number of aryl methyl sites for hydroxylation is 1. The van der Waals surface area contributed by atoms with Crippen LogP contribution in [0.1, 0.15) is 16.7 Å². The first-order valence-corrected chi connectivity index (χ1v) is 9.08. The zero-order valence-electron chi connectivity index (χ0n) is 15.0. The van der Waals surface area contributed by atoms with Crippen LogP contribution in [0.25, 0.3) is 22.3 Å². The van der Waals surface area contributed by atoms with E-state index in [1.165, 1.54) is 38.9 Å². The van der Waals surface area contributed by atoms with Gasteiger partial charge in [0, 0.05) is 0 Å². The van der Waals surface area contributed by atoms with Crippen LogP contribution in [-0.4, -0.2) is 0 Å². The van der Waals surface area contributed by atoms with E-state index in [0.717, 1.165) is 6.42 Å². The number of rotatable bonds is 4. The first-order chi connectivity index (χ1) is 12.8. The van der Waals surface area contributed by atoms with Gasteiger partial charge in [-0.2, -0.15) is 0 Å². The van der Waals surface area contributed by atoms with Gasteiger partial charge in [-0.25, -0.2) is 0 Å². The van der Waals surface area contributed by atoms with Gasteiger partial charge in [-0.3, -0.25) is 0 Å². The first-order valence-electron chi connectivity index (χ1n) is 9.08. The van der Waals surface area contributed by atoms with Crippen LogP contribution in [0, 0.1) is 6.92 Å². The lowest BCUT2D eigenvalue weighted by Gasteiger charge is -2.10. The second kappa shape index (κ2) is 7.41. The molecule has 0 aliphatic rings. The van der Waals surface area contributed by atoms with E-state index in [0.29, 0.717) is 0 Å². The molecule has 26 heavy (non-hydrogen) atoms. The van der Waals surface area contributed by atoms with Gasteiger partial charge in [-0.05, 0) is 46.7 Å². The highest BCUT2D eigenvalue weighted by molar-refractivity contribution is 5.66. The highest BCUT2D eigenvalue weighted by Gasteiger charge is 2.04. The molecule has 0 atom stereocenters. The quantitative estimate of drug-likeness (QED) is 0.380. The van der Waals surface area contributed by atoms with Gasteiger partial charge in [0.15, 0.2) is 0 Å². The third-order valence-electron chi connectivity index (χ3n) is 4.69. The maximum atomic E-state index is 2.32. The van der Waals surface area contributed by atoms with E-state index >= 15 is 0 Å². The summed E-state index contributed by atoms with van der Waals surface area (Å²) in [6, 6.07) is 36.9. The molecule has 0 fully saturated rings. The second-order valence-electron chi connectivity index (χ2n) is 6.82. The minimum Gasteiger partial charge on any atom is -0.0622 e. The molecule has 0 aliphatic heterocycles. The molecule has 126 valence electrons. The summed E-state index contributed by atoms with van der Waals surface area (Å²) < 4.78 is 0. The fourth-order valence-electron chi connectivity index (χ4n) is 3.49. The molecule has 0 aliphatic carbocycles. The summed E-state index contributed by atoms with van der Waals surface area (Å²) in [6.45, 7) is 2.18. The highest BCUT2D eigenvalue weighted by Crippen LogP contribution is 2.25. The van der Waals surface area contributed by atoms with E-state index < -0.39 is 0 Å². The lowest BCUT2D eigenvalue weighted by molar-refractivity contribution is 1.18. The molecule has 0 saturated heterocycles. The zero-order valence-corrected chi connectivity index (χ0v) is 15.0. The summed E-state index contributed by atoms with van der Waals surface area (Å²) in [6.07, 6.45) is 0.947. The average molecular weight is 334 g/mol. The standard InChI is InChI=1S/C26H22/c1-20-15-22(19-26(16-20)24-12-6-3-7-13-24)17-21-9-8-14-25(18-21)23-10-4-2-5-11-23/h2-16,18-19H,17H2,1H3. The maximum absolute atomic E-state index is 2.32. The maximum Gasteiger partial charge on any atom is -0.00252 e. The molecule has 0 aromatic heterocycles. The molecule has 0 N–H and O–H groups in total. The van der Waals surface area contributed by atoms with E-state index in [-0.39, 0.29) is 0 Å². The summed E-state index contributed by atoms with van der Waals surface area (Å²) in [4.78, 5) is 0. The molecule has 4 aromatic rings. The molecular formula is C26H22. The Bertz CT molecular complexity index is 998. The van der Waals surface area contributed by atoms with Gasteiger partial charge in [-0.15, -0.1) is 0 Å². The van der Waals surface area contributed by atoms with Crippen LogP contribution in [-0.2, 0) is 6.42 Å². The minimum absolute atomic E-state index is 0.947. The van der Waals surface area contributed by atoms with Gasteiger partial charge in [0.05, 0.1) is 0 Å². The molecule has 4 aromatic carbocycles. The van der Waals surface area contributed by atoms with Crippen molar-refractivity contribution < 1.29 is 0 Å². The second-order valence-corrected chi connectivity index (χ2v) is 6.82. The van der Waals surface area contributed by atoms with Gasteiger partial charge < -0.3 is 0 Å². The number of hydrogen-bond donors (Lipinski definition) is 0. The molecule has 0 nitrogen and oxygen atoms in total. The number of hydrogen-bond acceptors (Lipinski definition) is 0. The van der Waals surface area contributed by atoms with Gasteiger partial charge in [0.25, 0.3) is 0 Å². The topological polar surface area (TPSA) is 0 Å². The monoisotopic (exact) mass is 334 g/mol. The Morgan fingerprint density at radius 1 is 0.462 bits per heavy atom. The van der Waals surface area contributed by atoms with E-state index in [2.05, 4.69) is 110 Å². The Morgan fingerprint density at radius 3 is 1.73 bits per heavy atom. The predicted molar refractivity (Wildman–Crippen MR) is 111 cm³/mol. The molecule has 0 heteroatoms. The molecule has 0 bridgehead atoms. The van der Waals surface area contributed by atoms with Crippen LogP contribution in [0.4, 0.5) is 0 Å². The summed E-state index contributed by atoms with van der Waals surface area (Å²) in [7, 11) is 0. The SMILES string of the molecule is Cc1cc(Cc2cccc(-c3ccccc3)c2)cc(-c2ccccc2)c1. The zero-order chi connectivity index (χ0) is 17.8. The van der Waals surface area contributed by atoms with Gasteiger partial charge in [0.1, 0.15) is 0 Å². The average Bonchev–Trinajstić information content (AvgIpc) is 2.69. The third-order valence-corrected chi connectivity index (χ3v) is 4.69. The van der Waals surface area contributed by atoms with Crippen LogP contribution in [0.5, 0.6) is 0 Å². The lowest BCUT2D eigenvalue weighted by Crippen LogP contribution is -1.91. The van der Waals surface area contributed by atoms with Crippen molar-refractivity contribution in [1.82, 2.24) is 0 Å². The van der Waals surface area contributed by atoms with Gasteiger partial charge in [-0.1, -0.05) is 109 Å². The van der Waals surface area contributed by atoms with E-state index in [1.807, 2.05) is 0 Å². The Labute approximate surface area is 155 Å². The molecular weight excluding hydrogens is 312 g/mol. The molecule has 0 saturated carbocycles. The normalized spacial score (nSPS) is 10.7. The lowest BCUT2D eigenvalue weighted by atomic mass is 9.95. The molecule has 0 radical (unpaired) electrons. The fraction of sp³-hybridized carbons (Fsp3) is 0.0769. The summed E-state index contributed by atoms with van der Waals surface area (Å²) in [5.74, 6) is 0. The summed E-state index contributed by atoms with van der Waals surface area (Å²) >= 11 is 0. The van der Waals surface area contributed by atoms with Crippen molar-refractivity contribution in [1.29, 1.82) is 0 Å². The van der Waals surface area contributed by atoms with Crippen molar-refractivity contribution in [3.8, 4) is 22.3 Å². The van der Waals surface area contributed by atoms with Crippen molar-refractivity contribution >= 4 is 0 Å². The van der Waals surface area contributed by atoms with E-state index in [9.17, 15) is 0 Å². The largest absolute Gasteiger partial charge is 0.0622 e. The van der Waals surface area contributed by atoms with Crippen LogP contribution >= 0.6 is 0 Å². The van der Waals surface area contributed by atoms with Gasteiger partial charge in [0.2, 0.25) is 0 Å².